The molecule has 0 aromatic heterocycles. The Morgan fingerprint density at radius 3 is 2.36 bits per heavy atom. The van der Waals surface area contributed by atoms with Crippen molar-refractivity contribution in [1.82, 2.24) is 0 Å². The average Bonchev–Trinajstić information content (AvgIpc) is 2.55. The fourth-order valence-electron chi connectivity index (χ4n) is 2.12. The van der Waals surface area contributed by atoms with E-state index in [1.54, 1.807) is 38.5 Å². The topological polar surface area (TPSA) is 50.8 Å². The third kappa shape index (κ3) is 3.91. The lowest BCUT2D eigenvalue weighted by Crippen LogP contribution is -2.30. The Hall–Kier alpha value is -2.69. The van der Waals surface area contributed by atoms with Crippen molar-refractivity contribution in [2.45, 2.75) is 0 Å². The fraction of sp³-hybridized carbons (Fsp3) is 0.235. The fourth-order valence-corrected chi connectivity index (χ4v) is 2.12. The first-order valence-electron chi connectivity index (χ1n) is 6.92. The number of anilines is 2. The Morgan fingerprint density at radius 1 is 1.05 bits per heavy atom. The number of benzene rings is 2. The van der Waals surface area contributed by atoms with Crippen LogP contribution in [0.25, 0.3) is 0 Å². The number of hydrogen-bond acceptors (Lipinski definition) is 4. The van der Waals surface area contributed by atoms with Crippen LogP contribution in [0.4, 0.5) is 11.4 Å². The van der Waals surface area contributed by atoms with Crippen LogP contribution in [-0.4, -0.2) is 33.7 Å². The highest BCUT2D eigenvalue weighted by Gasteiger charge is 2.11. The molecule has 1 N–H and O–H groups in total. The predicted molar refractivity (Wildman–Crippen MR) is 87.9 cm³/mol. The Bertz CT molecular complexity index is 626. The van der Waals surface area contributed by atoms with Crippen LogP contribution in [0.3, 0.4) is 0 Å². The summed E-state index contributed by atoms with van der Waals surface area (Å²) in [6, 6.07) is 14.8. The van der Waals surface area contributed by atoms with Gasteiger partial charge in [0.05, 0.1) is 26.5 Å². The molecule has 0 aliphatic rings. The third-order valence-corrected chi connectivity index (χ3v) is 3.25. The highest BCUT2D eigenvalue weighted by atomic mass is 16.5. The number of hydrogen-bond donors (Lipinski definition) is 1. The predicted octanol–water partition coefficient (Wildman–Crippen LogP) is 2.78. The summed E-state index contributed by atoms with van der Waals surface area (Å²) < 4.78 is 10.4. The lowest BCUT2D eigenvalue weighted by Gasteiger charge is -2.21. The second kappa shape index (κ2) is 7.36. The molecule has 0 saturated heterocycles. The van der Waals surface area contributed by atoms with Crippen molar-refractivity contribution in [2.75, 3.05) is 38.0 Å². The molecule has 0 heterocycles. The zero-order chi connectivity index (χ0) is 15.9. The van der Waals surface area contributed by atoms with Crippen LogP contribution in [0.1, 0.15) is 0 Å². The molecule has 1 amide bonds. The molecule has 5 nitrogen and oxygen atoms in total. The highest BCUT2D eigenvalue weighted by molar-refractivity contribution is 5.94. The van der Waals surface area contributed by atoms with Crippen LogP contribution in [-0.2, 0) is 4.79 Å². The van der Waals surface area contributed by atoms with Crippen LogP contribution in [0, 0.1) is 0 Å². The number of ether oxygens (including phenoxy) is 2. The van der Waals surface area contributed by atoms with Gasteiger partial charge >= 0.3 is 0 Å². The molecule has 0 unspecified atom stereocenters. The minimum Gasteiger partial charge on any atom is -0.497 e. The van der Waals surface area contributed by atoms with E-state index in [4.69, 9.17) is 9.47 Å². The number of carbonyl (C=O) groups excluding carboxylic acids is 1. The molecule has 0 radical (unpaired) electrons. The van der Waals surface area contributed by atoms with Crippen molar-refractivity contribution in [2.24, 2.45) is 0 Å². The number of likely N-dealkylation sites (N-methyl/N-ethyl adjacent to an activating group) is 1. The molecule has 0 aliphatic carbocycles. The molecule has 0 saturated carbocycles. The van der Waals surface area contributed by atoms with Gasteiger partial charge in [0.15, 0.2) is 0 Å². The van der Waals surface area contributed by atoms with E-state index in [1.807, 2.05) is 36.2 Å². The van der Waals surface area contributed by atoms with Crippen LogP contribution in [0.2, 0.25) is 0 Å². The molecular formula is C17H20N2O3. The first-order chi connectivity index (χ1) is 10.6. The molecule has 22 heavy (non-hydrogen) atoms. The summed E-state index contributed by atoms with van der Waals surface area (Å²) in [7, 11) is 5.07. The van der Waals surface area contributed by atoms with Crippen molar-refractivity contribution >= 4 is 17.3 Å². The van der Waals surface area contributed by atoms with Crippen molar-refractivity contribution in [3.05, 3.63) is 48.5 Å². The molecule has 0 aliphatic heterocycles. The molecular weight excluding hydrogens is 280 g/mol. The number of nitrogens with one attached hydrogen (secondary N) is 1. The zero-order valence-corrected chi connectivity index (χ0v) is 13.0. The highest BCUT2D eigenvalue weighted by Crippen LogP contribution is 2.26. The van der Waals surface area contributed by atoms with Gasteiger partial charge in [-0.15, -0.1) is 0 Å². The van der Waals surface area contributed by atoms with Gasteiger partial charge in [-0.05, 0) is 36.4 Å². The molecule has 5 heteroatoms. The van der Waals surface area contributed by atoms with E-state index in [1.165, 1.54) is 0 Å². The molecule has 0 bridgehead atoms. The van der Waals surface area contributed by atoms with Gasteiger partial charge in [-0.1, -0.05) is 12.1 Å². The van der Waals surface area contributed by atoms with E-state index in [-0.39, 0.29) is 12.5 Å². The van der Waals surface area contributed by atoms with Crippen molar-refractivity contribution in [3.63, 3.8) is 0 Å². The third-order valence-electron chi connectivity index (χ3n) is 3.25. The monoisotopic (exact) mass is 300 g/mol. The number of para-hydroxylation sites is 2. The summed E-state index contributed by atoms with van der Waals surface area (Å²) >= 11 is 0. The molecule has 2 aromatic carbocycles. The van der Waals surface area contributed by atoms with Gasteiger partial charge in [-0.2, -0.15) is 0 Å². The Kier molecular flexibility index (Phi) is 5.25. The second-order valence-corrected chi connectivity index (χ2v) is 4.80. The SMILES string of the molecule is COc1ccc(NC(=O)CN(C)c2ccccc2OC)cc1. The molecule has 2 aromatic rings. The number of amides is 1. The summed E-state index contributed by atoms with van der Waals surface area (Å²) in [6.45, 7) is 0.229. The number of rotatable bonds is 6. The maximum absolute atomic E-state index is 12.1. The van der Waals surface area contributed by atoms with E-state index in [2.05, 4.69) is 5.32 Å². The summed E-state index contributed by atoms with van der Waals surface area (Å²) in [5, 5.41) is 2.85. The van der Waals surface area contributed by atoms with Gasteiger partial charge < -0.3 is 19.7 Å². The Morgan fingerprint density at radius 2 is 1.73 bits per heavy atom. The van der Waals surface area contributed by atoms with E-state index in [0.29, 0.717) is 0 Å². The average molecular weight is 300 g/mol. The number of carbonyl (C=O) groups is 1. The van der Waals surface area contributed by atoms with Crippen LogP contribution in [0.15, 0.2) is 48.5 Å². The Balaban J connectivity index is 1.98. The van der Waals surface area contributed by atoms with E-state index >= 15 is 0 Å². The number of methoxy groups -OCH3 is 2. The maximum Gasteiger partial charge on any atom is 0.243 e. The standard InChI is InChI=1S/C17H20N2O3/c1-19(15-6-4-5-7-16(15)22-3)12-17(20)18-13-8-10-14(21-2)11-9-13/h4-11H,12H2,1-3H3,(H,18,20). The van der Waals surface area contributed by atoms with E-state index in [9.17, 15) is 4.79 Å². The first-order valence-corrected chi connectivity index (χ1v) is 6.92. The van der Waals surface area contributed by atoms with Gasteiger partial charge in [0.2, 0.25) is 5.91 Å². The summed E-state index contributed by atoms with van der Waals surface area (Å²) in [5.74, 6) is 1.39. The van der Waals surface area contributed by atoms with Gasteiger partial charge in [0, 0.05) is 12.7 Å². The molecule has 2 rings (SSSR count). The molecule has 116 valence electrons. The van der Waals surface area contributed by atoms with Gasteiger partial charge in [-0.25, -0.2) is 0 Å². The first kappa shape index (κ1) is 15.7. The normalized spacial score (nSPS) is 9.95. The van der Waals surface area contributed by atoms with E-state index in [0.717, 1.165) is 22.9 Å². The summed E-state index contributed by atoms with van der Waals surface area (Å²) in [4.78, 5) is 14.0. The van der Waals surface area contributed by atoms with Gasteiger partial charge in [-0.3, -0.25) is 4.79 Å². The Labute approximate surface area is 130 Å². The number of nitrogens with zero attached hydrogens (tertiary/aromatic N) is 1. The molecule has 0 fully saturated rings. The quantitative estimate of drug-likeness (QED) is 0.891. The van der Waals surface area contributed by atoms with E-state index < -0.39 is 0 Å². The lowest BCUT2D eigenvalue weighted by molar-refractivity contribution is -0.114. The van der Waals surface area contributed by atoms with Crippen LogP contribution in [0.5, 0.6) is 11.5 Å². The van der Waals surface area contributed by atoms with Gasteiger partial charge in [0.25, 0.3) is 0 Å². The zero-order valence-electron chi connectivity index (χ0n) is 13.0. The van der Waals surface area contributed by atoms with Crippen molar-refractivity contribution < 1.29 is 14.3 Å². The maximum atomic E-state index is 12.1. The summed E-state index contributed by atoms with van der Waals surface area (Å²) in [6.07, 6.45) is 0. The van der Waals surface area contributed by atoms with Gasteiger partial charge in [0.1, 0.15) is 11.5 Å². The molecule has 0 atom stereocenters. The van der Waals surface area contributed by atoms with Crippen LogP contribution >= 0.6 is 0 Å². The van der Waals surface area contributed by atoms with Crippen molar-refractivity contribution in [3.8, 4) is 11.5 Å². The second-order valence-electron chi connectivity index (χ2n) is 4.80. The smallest absolute Gasteiger partial charge is 0.243 e. The molecule has 0 spiro atoms. The minimum atomic E-state index is -0.0985. The summed E-state index contributed by atoms with van der Waals surface area (Å²) in [5.41, 5.74) is 1.61. The largest absolute Gasteiger partial charge is 0.497 e. The van der Waals surface area contributed by atoms with Crippen molar-refractivity contribution in [1.29, 1.82) is 0 Å². The lowest BCUT2D eigenvalue weighted by atomic mass is 10.2. The van der Waals surface area contributed by atoms with Crippen LogP contribution < -0.4 is 19.7 Å². The minimum absolute atomic E-state index is 0.0985.